The van der Waals surface area contributed by atoms with Gasteiger partial charge in [-0.05, 0) is 173 Å². The van der Waals surface area contributed by atoms with E-state index >= 15 is 0 Å². The predicted molar refractivity (Wildman–Crippen MR) is 187 cm³/mol. The van der Waals surface area contributed by atoms with Crippen LogP contribution in [0.15, 0.2) is 0 Å². The van der Waals surface area contributed by atoms with Crippen LogP contribution in [0.3, 0.4) is 0 Å². The van der Waals surface area contributed by atoms with E-state index in [0.29, 0.717) is 29.3 Å². The summed E-state index contributed by atoms with van der Waals surface area (Å²) in [6.07, 6.45) is 16.4. The number of hydrogen-bond acceptors (Lipinski definition) is 6. The van der Waals surface area contributed by atoms with Crippen molar-refractivity contribution < 1.29 is 30.0 Å². The molecule has 2 saturated heterocycles. The summed E-state index contributed by atoms with van der Waals surface area (Å²) in [6, 6.07) is 0.785. The molecule has 10 atom stereocenters. The molecule has 8 nitrogen and oxygen atoms in total. The van der Waals surface area contributed by atoms with Crippen molar-refractivity contribution in [1.82, 2.24) is 9.80 Å². The number of likely N-dealkylation sites (tertiary alicyclic amines) is 2. The first kappa shape index (κ1) is 38.6. The first-order chi connectivity index (χ1) is 21.8. The van der Waals surface area contributed by atoms with Crippen LogP contribution in [-0.4, -0.2) is 92.6 Å². The number of aliphatic carboxylic acids is 2. The average molecular weight is 663 g/mol. The van der Waals surface area contributed by atoms with Crippen molar-refractivity contribution in [2.45, 2.75) is 163 Å². The molecular formula is C39H70N2O6. The molecule has 8 heteroatoms. The fourth-order valence-corrected chi connectivity index (χ4v) is 10.5. The van der Waals surface area contributed by atoms with Gasteiger partial charge in [-0.2, -0.15) is 0 Å². The van der Waals surface area contributed by atoms with Crippen LogP contribution in [0.5, 0.6) is 0 Å². The zero-order chi connectivity index (χ0) is 34.9. The number of aliphatic hydroxyl groups excluding tert-OH is 2. The van der Waals surface area contributed by atoms with Crippen molar-refractivity contribution in [3.63, 3.8) is 0 Å². The number of nitrogens with zero attached hydrogens (tertiary/aromatic N) is 2. The molecule has 47 heavy (non-hydrogen) atoms. The fraction of sp³-hybridized carbons (Fsp3) is 0.949. The molecule has 4 N–H and O–H groups in total. The quantitative estimate of drug-likeness (QED) is 0.252. The van der Waals surface area contributed by atoms with E-state index in [-0.39, 0.29) is 17.6 Å². The Morgan fingerprint density at radius 3 is 1.57 bits per heavy atom. The Morgan fingerprint density at radius 1 is 0.638 bits per heavy atom. The van der Waals surface area contributed by atoms with Crippen molar-refractivity contribution >= 4 is 11.9 Å². The van der Waals surface area contributed by atoms with E-state index in [1.54, 1.807) is 41.5 Å². The maximum Gasteiger partial charge on any atom is 0.308 e. The van der Waals surface area contributed by atoms with Crippen LogP contribution in [0, 0.1) is 45.3 Å². The average Bonchev–Trinajstić information content (AvgIpc) is 3.28. The lowest BCUT2D eigenvalue weighted by molar-refractivity contribution is -0.154. The molecule has 2 aliphatic heterocycles. The van der Waals surface area contributed by atoms with Gasteiger partial charge in [-0.15, -0.1) is 0 Å². The molecular weight excluding hydrogens is 592 g/mol. The Morgan fingerprint density at radius 2 is 1.11 bits per heavy atom. The predicted octanol–water partition coefficient (Wildman–Crippen LogP) is 6.91. The Hall–Kier alpha value is -1.22. The monoisotopic (exact) mass is 663 g/mol. The fourth-order valence-electron chi connectivity index (χ4n) is 10.5. The van der Waals surface area contributed by atoms with Gasteiger partial charge in [-0.25, -0.2) is 0 Å². The smallest absolute Gasteiger partial charge is 0.308 e. The summed E-state index contributed by atoms with van der Waals surface area (Å²) in [6.45, 7) is 19.9. The topological polar surface area (TPSA) is 122 Å². The molecule has 0 amide bonds. The first-order valence-corrected chi connectivity index (χ1v) is 19.1. The molecule has 2 heterocycles. The van der Waals surface area contributed by atoms with E-state index in [9.17, 15) is 19.8 Å². The van der Waals surface area contributed by atoms with Crippen LogP contribution >= 0.6 is 0 Å². The number of carboxylic acids is 2. The summed E-state index contributed by atoms with van der Waals surface area (Å²) >= 11 is 0. The van der Waals surface area contributed by atoms with Gasteiger partial charge in [-0.1, -0.05) is 26.7 Å². The van der Waals surface area contributed by atoms with Crippen molar-refractivity contribution in [3.05, 3.63) is 0 Å². The molecule has 0 bridgehead atoms. The zero-order valence-corrected chi connectivity index (χ0v) is 31.1. The molecule has 5 unspecified atom stereocenters. The number of carbonyl (C=O) groups is 2. The van der Waals surface area contributed by atoms with Gasteiger partial charge in [0.15, 0.2) is 0 Å². The highest BCUT2D eigenvalue weighted by molar-refractivity contribution is 5.73. The van der Waals surface area contributed by atoms with Crippen molar-refractivity contribution in [1.29, 1.82) is 0 Å². The minimum Gasteiger partial charge on any atom is -0.481 e. The van der Waals surface area contributed by atoms with Gasteiger partial charge in [0.1, 0.15) is 0 Å². The van der Waals surface area contributed by atoms with Gasteiger partial charge in [0.25, 0.3) is 0 Å². The Kier molecular flexibility index (Phi) is 12.3. The molecule has 0 spiro atoms. The van der Waals surface area contributed by atoms with E-state index in [2.05, 4.69) is 23.6 Å². The van der Waals surface area contributed by atoms with Gasteiger partial charge in [0, 0.05) is 12.1 Å². The van der Waals surface area contributed by atoms with Gasteiger partial charge in [-0.3, -0.25) is 19.4 Å². The summed E-state index contributed by atoms with van der Waals surface area (Å²) in [5.74, 6) is 1.45. The molecule has 6 aliphatic rings. The second-order valence-corrected chi connectivity index (χ2v) is 18.8. The summed E-state index contributed by atoms with van der Waals surface area (Å²) in [4.78, 5) is 25.4. The lowest BCUT2D eigenvalue weighted by Crippen LogP contribution is -2.60. The Balaban J connectivity index is 0.000000301. The van der Waals surface area contributed by atoms with E-state index in [4.69, 9.17) is 10.2 Å². The maximum atomic E-state index is 11.6. The second-order valence-electron chi connectivity index (χ2n) is 18.8. The number of carboxylic acid groups (broad SMARTS) is 2. The highest BCUT2D eigenvalue weighted by Crippen LogP contribution is 2.66. The third kappa shape index (κ3) is 8.40. The van der Waals surface area contributed by atoms with Gasteiger partial charge >= 0.3 is 11.9 Å². The largest absolute Gasteiger partial charge is 0.481 e. The van der Waals surface area contributed by atoms with Gasteiger partial charge in [0.2, 0.25) is 0 Å². The Bertz CT molecular complexity index is 1030. The summed E-state index contributed by atoms with van der Waals surface area (Å²) in [5.41, 5.74) is -0.674. The minimum atomic E-state index is -0.757. The van der Waals surface area contributed by atoms with Crippen LogP contribution in [-0.2, 0) is 9.59 Å². The lowest BCUT2D eigenvalue weighted by Gasteiger charge is -2.62. The van der Waals surface area contributed by atoms with E-state index in [1.165, 1.54) is 103 Å². The normalized spacial score (nSPS) is 41.1. The molecule has 0 aromatic heterocycles. The van der Waals surface area contributed by atoms with Crippen LogP contribution in [0.4, 0.5) is 0 Å². The highest BCUT2D eigenvalue weighted by atomic mass is 16.4. The zero-order valence-electron chi connectivity index (χ0n) is 31.1. The second kappa shape index (κ2) is 14.9. The molecule has 4 aliphatic carbocycles. The number of fused-ring (bicyclic) bond motifs is 5. The molecule has 6 rings (SSSR count). The molecule has 272 valence electrons. The molecule has 0 radical (unpaired) electrons. The lowest BCUT2D eigenvalue weighted by atomic mass is 9.44. The molecule has 0 aromatic carbocycles. The molecule has 6 fully saturated rings. The third-order valence-electron chi connectivity index (χ3n) is 13.7. The number of rotatable bonds is 2. The molecule has 0 aromatic rings. The van der Waals surface area contributed by atoms with E-state index in [1.807, 2.05) is 0 Å². The van der Waals surface area contributed by atoms with Gasteiger partial charge < -0.3 is 20.4 Å². The number of hydrogen-bond donors (Lipinski definition) is 4. The van der Waals surface area contributed by atoms with E-state index in [0.717, 1.165) is 18.3 Å². The van der Waals surface area contributed by atoms with Gasteiger partial charge in [0.05, 0.1) is 23.0 Å². The van der Waals surface area contributed by atoms with Crippen LogP contribution in [0.1, 0.15) is 139 Å². The SMILES string of the molecule is CC(C)(C)C(=O)O.CC(C)(C)C(=O)O.C[C@]12CC(N3CCCCC3)C(O)CC1CC[C@@H]1[C@@H]2CC[C@]2(C)C(O)C(N3CCCCC3)C[C@@H]12. The molecule has 4 saturated carbocycles. The van der Waals surface area contributed by atoms with Crippen molar-refractivity contribution in [3.8, 4) is 0 Å². The van der Waals surface area contributed by atoms with Crippen LogP contribution in [0.2, 0.25) is 0 Å². The highest BCUT2D eigenvalue weighted by Gasteiger charge is 2.63. The summed E-state index contributed by atoms with van der Waals surface area (Å²) < 4.78 is 0. The maximum absolute atomic E-state index is 11.6. The first-order valence-electron chi connectivity index (χ1n) is 19.1. The van der Waals surface area contributed by atoms with Crippen LogP contribution in [0.25, 0.3) is 0 Å². The number of aliphatic hydroxyl groups is 2. The Labute approximate surface area is 286 Å². The minimum absolute atomic E-state index is 0.118. The van der Waals surface area contributed by atoms with Crippen molar-refractivity contribution in [2.75, 3.05) is 26.2 Å². The third-order valence-corrected chi connectivity index (χ3v) is 13.7. The summed E-state index contributed by atoms with van der Waals surface area (Å²) in [5, 5.41) is 39.3. The number of piperidine rings is 2. The van der Waals surface area contributed by atoms with Crippen molar-refractivity contribution in [2.24, 2.45) is 45.3 Å². The van der Waals surface area contributed by atoms with Crippen LogP contribution < -0.4 is 0 Å². The standard InChI is InChI=1S/C29H50N2O2.2C5H10O2/c1-28-12-11-22-21(23(28)18-24(27(28)33)30-13-5-3-6-14-30)10-9-20-17-26(32)25(19-29(20,22)2)31-15-7-4-8-16-31;2*1-5(2,3)4(6)7/h20-27,32-33H,3-19H2,1-2H3;2*1-3H3,(H,6,7)/t20?,21-,22+,23+,24?,25?,26?,27?,28+,29+;;/m1../s1. The summed E-state index contributed by atoms with van der Waals surface area (Å²) in [7, 11) is 0. The van der Waals surface area contributed by atoms with E-state index < -0.39 is 22.8 Å².